The van der Waals surface area contributed by atoms with Crippen molar-refractivity contribution in [1.29, 1.82) is 0 Å². The van der Waals surface area contributed by atoms with E-state index < -0.39 is 11.8 Å². The molecule has 1 aromatic rings. The van der Waals surface area contributed by atoms with Gasteiger partial charge >= 0.3 is 11.8 Å². The molecule has 1 aromatic carbocycles. The van der Waals surface area contributed by atoms with Crippen LogP contribution in [-0.2, 0) is 16.1 Å². The van der Waals surface area contributed by atoms with E-state index in [1.807, 2.05) is 30.3 Å². The van der Waals surface area contributed by atoms with Crippen LogP contribution in [0.4, 0.5) is 0 Å². The van der Waals surface area contributed by atoms with Crippen LogP contribution in [0.2, 0.25) is 0 Å². The summed E-state index contributed by atoms with van der Waals surface area (Å²) < 4.78 is 0. The van der Waals surface area contributed by atoms with Gasteiger partial charge in [0.2, 0.25) is 0 Å². The molecule has 0 aliphatic heterocycles. The minimum Gasteiger partial charge on any atom is -0.396 e. The lowest BCUT2D eigenvalue weighted by Gasteiger charge is -2.06. The zero-order valence-electron chi connectivity index (χ0n) is 10.9. The van der Waals surface area contributed by atoms with Crippen molar-refractivity contribution in [3.05, 3.63) is 35.9 Å². The maximum absolute atomic E-state index is 11.5. The van der Waals surface area contributed by atoms with Crippen LogP contribution in [0.5, 0.6) is 0 Å². The highest BCUT2D eigenvalue weighted by Crippen LogP contribution is 1.97. The van der Waals surface area contributed by atoms with Gasteiger partial charge in [-0.2, -0.15) is 0 Å². The van der Waals surface area contributed by atoms with Crippen molar-refractivity contribution >= 4 is 11.8 Å². The van der Waals surface area contributed by atoms with Gasteiger partial charge in [-0.1, -0.05) is 30.3 Å². The fourth-order valence-corrected chi connectivity index (χ4v) is 1.55. The van der Waals surface area contributed by atoms with Gasteiger partial charge in [0.15, 0.2) is 0 Å². The monoisotopic (exact) mass is 264 g/mol. The molecule has 104 valence electrons. The predicted octanol–water partition coefficient (Wildman–Crippen LogP) is 0.582. The van der Waals surface area contributed by atoms with Crippen molar-refractivity contribution in [3.63, 3.8) is 0 Å². The summed E-state index contributed by atoms with van der Waals surface area (Å²) in [6.45, 7) is 0.959. The molecule has 5 heteroatoms. The molecule has 0 bridgehead atoms. The zero-order valence-corrected chi connectivity index (χ0v) is 10.9. The van der Waals surface area contributed by atoms with Crippen LogP contribution in [0.1, 0.15) is 24.8 Å². The second-order valence-corrected chi connectivity index (χ2v) is 4.21. The third-order valence-corrected chi connectivity index (χ3v) is 2.62. The van der Waals surface area contributed by atoms with Crippen molar-refractivity contribution in [3.8, 4) is 0 Å². The second kappa shape index (κ2) is 9.10. The molecule has 0 radical (unpaired) electrons. The molecular weight excluding hydrogens is 244 g/mol. The van der Waals surface area contributed by atoms with Crippen LogP contribution in [0.15, 0.2) is 30.3 Å². The van der Waals surface area contributed by atoms with Gasteiger partial charge in [-0.05, 0) is 24.8 Å². The van der Waals surface area contributed by atoms with Gasteiger partial charge in [0.1, 0.15) is 0 Å². The van der Waals surface area contributed by atoms with Crippen LogP contribution >= 0.6 is 0 Å². The third-order valence-electron chi connectivity index (χ3n) is 2.62. The number of benzene rings is 1. The summed E-state index contributed by atoms with van der Waals surface area (Å²) in [5.74, 6) is -1.23. The van der Waals surface area contributed by atoms with Crippen molar-refractivity contribution in [2.24, 2.45) is 0 Å². The van der Waals surface area contributed by atoms with E-state index in [0.717, 1.165) is 24.8 Å². The molecule has 1 rings (SSSR count). The first-order valence-corrected chi connectivity index (χ1v) is 6.45. The molecule has 0 spiro atoms. The zero-order chi connectivity index (χ0) is 13.9. The molecule has 0 aliphatic carbocycles. The molecule has 0 unspecified atom stereocenters. The predicted molar refractivity (Wildman–Crippen MR) is 72.2 cm³/mol. The van der Waals surface area contributed by atoms with E-state index >= 15 is 0 Å². The quantitative estimate of drug-likeness (QED) is 0.498. The Balaban J connectivity index is 2.16. The van der Waals surface area contributed by atoms with Crippen LogP contribution in [0.3, 0.4) is 0 Å². The molecule has 0 fully saturated rings. The third kappa shape index (κ3) is 6.57. The normalized spacial score (nSPS) is 9.95. The van der Waals surface area contributed by atoms with E-state index in [2.05, 4.69) is 10.6 Å². The lowest BCUT2D eigenvalue weighted by Crippen LogP contribution is -2.39. The molecule has 0 saturated heterocycles. The molecule has 5 nitrogen and oxygen atoms in total. The molecule has 0 atom stereocenters. The number of carbonyl (C=O) groups excluding carboxylic acids is 2. The number of aliphatic hydroxyl groups excluding tert-OH is 1. The Hall–Kier alpha value is -1.88. The number of hydrogen-bond acceptors (Lipinski definition) is 3. The highest BCUT2D eigenvalue weighted by Gasteiger charge is 2.11. The smallest absolute Gasteiger partial charge is 0.309 e. The standard InChI is InChI=1S/C14H20N2O3/c17-10-6-2-5-9-15-13(18)14(19)16-11-12-7-3-1-4-8-12/h1,3-4,7-8,17H,2,5-6,9-11H2,(H,15,18)(H,16,19). The minimum atomic E-state index is -0.619. The Kier molecular flexibility index (Phi) is 7.27. The molecular formula is C14H20N2O3. The minimum absolute atomic E-state index is 0.158. The van der Waals surface area contributed by atoms with Crippen LogP contribution < -0.4 is 10.6 Å². The van der Waals surface area contributed by atoms with Crippen LogP contribution in [-0.4, -0.2) is 30.1 Å². The molecule has 19 heavy (non-hydrogen) atoms. The van der Waals surface area contributed by atoms with Gasteiger partial charge in [0, 0.05) is 19.7 Å². The van der Waals surface area contributed by atoms with E-state index in [-0.39, 0.29) is 6.61 Å². The van der Waals surface area contributed by atoms with E-state index in [0.29, 0.717) is 13.1 Å². The molecule has 2 amide bonds. The van der Waals surface area contributed by atoms with Crippen LogP contribution in [0, 0.1) is 0 Å². The Morgan fingerprint density at radius 1 is 0.947 bits per heavy atom. The number of carbonyl (C=O) groups is 2. The van der Waals surface area contributed by atoms with E-state index in [1.165, 1.54) is 0 Å². The van der Waals surface area contributed by atoms with Gasteiger partial charge in [0.25, 0.3) is 0 Å². The summed E-state index contributed by atoms with van der Waals surface area (Å²) >= 11 is 0. The van der Waals surface area contributed by atoms with Gasteiger partial charge in [-0.15, -0.1) is 0 Å². The molecule has 0 saturated carbocycles. The van der Waals surface area contributed by atoms with Gasteiger partial charge in [-0.25, -0.2) is 0 Å². The highest BCUT2D eigenvalue weighted by molar-refractivity contribution is 6.35. The number of amides is 2. The Bertz CT molecular complexity index is 393. The first-order chi connectivity index (χ1) is 9.24. The fourth-order valence-electron chi connectivity index (χ4n) is 1.55. The summed E-state index contributed by atoms with van der Waals surface area (Å²) in [7, 11) is 0. The van der Waals surface area contributed by atoms with Crippen molar-refractivity contribution in [1.82, 2.24) is 10.6 Å². The van der Waals surface area contributed by atoms with E-state index in [1.54, 1.807) is 0 Å². The Morgan fingerprint density at radius 2 is 1.63 bits per heavy atom. The Morgan fingerprint density at radius 3 is 2.32 bits per heavy atom. The number of rotatable bonds is 7. The first-order valence-electron chi connectivity index (χ1n) is 6.45. The van der Waals surface area contributed by atoms with Gasteiger partial charge in [0.05, 0.1) is 0 Å². The van der Waals surface area contributed by atoms with E-state index in [4.69, 9.17) is 5.11 Å². The summed E-state index contributed by atoms with van der Waals surface area (Å²) in [5.41, 5.74) is 0.951. The first kappa shape index (κ1) is 15.2. The SMILES string of the molecule is O=C(NCCCCCO)C(=O)NCc1ccccc1. The average molecular weight is 264 g/mol. The average Bonchev–Trinajstić information content (AvgIpc) is 2.45. The second-order valence-electron chi connectivity index (χ2n) is 4.21. The van der Waals surface area contributed by atoms with Gasteiger partial charge in [-0.3, -0.25) is 9.59 Å². The number of nitrogens with one attached hydrogen (secondary N) is 2. The van der Waals surface area contributed by atoms with Gasteiger partial charge < -0.3 is 15.7 Å². The molecule has 3 N–H and O–H groups in total. The molecule has 0 heterocycles. The topological polar surface area (TPSA) is 78.4 Å². The number of aliphatic hydroxyl groups is 1. The maximum Gasteiger partial charge on any atom is 0.309 e. The summed E-state index contributed by atoms with van der Waals surface area (Å²) in [6, 6.07) is 9.41. The lowest BCUT2D eigenvalue weighted by atomic mass is 10.2. The summed E-state index contributed by atoms with van der Waals surface area (Å²) in [4.78, 5) is 22.9. The van der Waals surface area contributed by atoms with Crippen molar-refractivity contribution in [2.75, 3.05) is 13.2 Å². The Labute approximate surface area is 113 Å². The fraction of sp³-hybridized carbons (Fsp3) is 0.429. The summed E-state index contributed by atoms with van der Waals surface area (Å²) in [6.07, 6.45) is 2.32. The lowest BCUT2D eigenvalue weighted by molar-refractivity contribution is -0.139. The maximum atomic E-state index is 11.5. The van der Waals surface area contributed by atoms with Crippen molar-refractivity contribution in [2.45, 2.75) is 25.8 Å². The largest absolute Gasteiger partial charge is 0.396 e. The van der Waals surface area contributed by atoms with Crippen molar-refractivity contribution < 1.29 is 14.7 Å². The summed E-state index contributed by atoms with van der Waals surface area (Å²) in [5, 5.41) is 13.7. The molecule has 0 aliphatic rings. The molecule has 0 aromatic heterocycles. The number of unbranched alkanes of at least 4 members (excludes halogenated alkanes) is 2. The van der Waals surface area contributed by atoms with Crippen LogP contribution in [0.25, 0.3) is 0 Å². The highest BCUT2D eigenvalue weighted by atomic mass is 16.3. The van der Waals surface area contributed by atoms with E-state index in [9.17, 15) is 9.59 Å². The number of hydrogen-bond donors (Lipinski definition) is 3.